The summed E-state index contributed by atoms with van der Waals surface area (Å²) >= 11 is 1.67. The van der Waals surface area contributed by atoms with E-state index in [1.54, 1.807) is 11.3 Å². The lowest BCUT2D eigenvalue weighted by molar-refractivity contribution is 0.132. The zero-order chi connectivity index (χ0) is 12.1. The summed E-state index contributed by atoms with van der Waals surface area (Å²) in [6, 6.07) is 2.16. The van der Waals surface area contributed by atoms with Crippen LogP contribution < -0.4 is 0 Å². The van der Waals surface area contributed by atoms with Gasteiger partial charge in [-0.1, -0.05) is 6.92 Å². The fourth-order valence-corrected chi connectivity index (χ4v) is 2.93. The van der Waals surface area contributed by atoms with Crippen molar-refractivity contribution in [2.75, 3.05) is 32.7 Å². The Hall–Kier alpha value is -0.960. The van der Waals surface area contributed by atoms with Gasteiger partial charge in [-0.2, -0.15) is 5.26 Å². The van der Waals surface area contributed by atoms with Crippen molar-refractivity contribution in [1.29, 1.82) is 5.26 Å². The quantitative estimate of drug-likeness (QED) is 0.809. The average molecular weight is 250 g/mol. The molecular formula is C12H18N4S. The summed E-state index contributed by atoms with van der Waals surface area (Å²) < 4.78 is 0. The Labute approximate surface area is 106 Å². The minimum absolute atomic E-state index is 0.487. The number of aromatic nitrogens is 1. The normalized spacial score (nSPS) is 18.1. The van der Waals surface area contributed by atoms with Crippen molar-refractivity contribution >= 4 is 11.3 Å². The number of rotatable bonds is 4. The molecule has 1 aromatic heterocycles. The van der Waals surface area contributed by atoms with Crippen LogP contribution in [-0.2, 0) is 13.0 Å². The molecular weight excluding hydrogens is 232 g/mol. The maximum atomic E-state index is 8.62. The number of nitriles is 1. The van der Waals surface area contributed by atoms with Gasteiger partial charge in [0.1, 0.15) is 5.01 Å². The minimum atomic E-state index is 0.487. The highest BCUT2D eigenvalue weighted by atomic mass is 32.1. The van der Waals surface area contributed by atoms with E-state index in [2.05, 4.69) is 27.8 Å². The van der Waals surface area contributed by atoms with Crippen molar-refractivity contribution in [3.8, 4) is 6.07 Å². The average Bonchev–Trinajstić information content (AvgIpc) is 2.78. The lowest BCUT2D eigenvalue weighted by Gasteiger charge is -2.33. The summed E-state index contributed by atoms with van der Waals surface area (Å²) in [5, 5.41) is 9.76. The van der Waals surface area contributed by atoms with E-state index >= 15 is 0 Å². The molecule has 1 fully saturated rings. The molecule has 17 heavy (non-hydrogen) atoms. The lowest BCUT2D eigenvalue weighted by atomic mass is 10.3. The molecule has 0 amide bonds. The summed E-state index contributed by atoms with van der Waals surface area (Å²) in [5.41, 5.74) is 0. The van der Waals surface area contributed by atoms with E-state index in [1.165, 1.54) is 0 Å². The Morgan fingerprint density at radius 3 is 2.71 bits per heavy atom. The van der Waals surface area contributed by atoms with Gasteiger partial charge in [-0.05, 0) is 6.54 Å². The van der Waals surface area contributed by atoms with E-state index in [-0.39, 0.29) is 0 Å². The fourth-order valence-electron chi connectivity index (χ4n) is 2.04. The molecule has 1 saturated heterocycles. The third kappa shape index (κ3) is 3.50. The molecule has 1 aliphatic heterocycles. The van der Waals surface area contributed by atoms with Gasteiger partial charge < -0.3 is 4.90 Å². The van der Waals surface area contributed by atoms with Gasteiger partial charge in [0.25, 0.3) is 0 Å². The maximum absolute atomic E-state index is 8.62. The van der Waals surface area contributed by atoms with E-state index in [0.717, 1.165) is 49.2 Å². The van der Waals surface area contributed by atoms with Crippen LogP contribution in [0.3, 0.4) is 0 Å². The zero-order valence-corrected chi connectivity index (χ0v) is 11.0. The fraction of sp³-hybridized carbons (Fsp3) is 0.667. The van der Waals surface area contributed by atoms with Gasteiger partial charge in [-0.15, -0.1) is 11.3 Å². The predicted octanol–water partition coefficient (Wildman–Crippen LogP) is 1.35. The summed E-state index contributed by atoms with van der Waals surface area (Å²) in [6.07, 6.45) is 2.33. The summed E-state index contributed by atoms with van der Waals surface area (Å²) in [7, 11) is 0. The zero-order valence-electron chi connectivity index (χ0n) is 10.2. The molecule has 0 atom stereocenters. The molecule has 0 saturated carbocycles. The third-order valence-electron chi connectivity index (χ3n) is 3.13. The number of nitrogens with zero attached hydrogens (tertiary/aromatic N) is 4. The Morgan fingerprint density at radius 1 is 1.35 bits per heavy atom. The monoisotopic (exact) mass is 250 g/mol. The molecule has 0 aliphatic carbocycles. The molecule has 0 spiro atoms. The Bertz CT molecular complexity index is 387. The lowest BCUT2D eigenvalue weighted by Crippen LogP contribution is -2.45. The Balaban J connectivity index is 1.83. The van der Waals surface area contributed by atoms with E-state index in [9.17, 15) is 0 Å². The van der Waals surface area contributed by atoms with Crippen molar-refractivity contribution in [1.82, 2.24) is 14.8 Å². The van der Waals surface area contributed by atoms with Crippen LogP contribution >= 0.6 is 11.3 Å². The molecule has 0 N–H and O–H groups in total. The molecule has 4 nitrogen and oxygen atoms in total. The summed E-state index contributed by atoms with van der Waals surface area (Å²) in [4.78, 5) is 10.4. The topological polar surface area (TPSA) is 43.2 Å². The van der Waals surface area contributed by atoms with Gasteiger partial charge in [0.05, 0.1) is 19.0 Å². The molecule has 5 heteroatoms. The van der Waals surface area contributed by atoms with Crippen LogP contribution in [0.2, 0.25) is 0 Å². The number of likely N-dealkylation sites (N-methyl/N-ethyl adjacent to an activating group) is 1. The molecule has 92 valence electrons. The van der Waals surface area contributed by atoms with Crippen molar-refractivity contribution < 1.29 is 0 Å². The van der Waals surface area contributed by atoms with Crippen LogP contribution in [0.25, 0.3) is 0 Å². The Kier molecular flexibility index (Phi) is 4.49. The first-order valence-electron chi connectivity index (χ1n) is 6.07. The van der Waals surface area contributed by atoms with E-state index in [1.807, 2.05) is 6.20 Å². The molecule has 2 rings (SSSR count). The molecule has 0 bridgehead atoms. The van der Waals surface area contributed by atoms with Crippen LogP contribution in [0, 0.1) is 11.3 Å². The second-order valence-corrected chi connectivity index (χ2v) is 5.47. The summed E-state index contributed by atoms with van der Waals surface area (Å²) in [6.45, 7) is 8.87. The van der Waals surface area contributed by atoms with Gasteiger partial charge in [-0.3, -0.25) is 4.90 Å². The first-order valence-corrected chi connectivity index (χ1v) is 6.88. The highest BCUT2D eigenvalue weighted by Gasteiger charge is 2.16. The van der Waals surface area contributed by atoms with Crippen LogP contribution in [0.4, 0.5) is 0 Å². The van der Waals surface area contributed by atoms with Crippen LogP contribution in [-0.4, -0.2) is 47.5 Å². The van der Waals surface area contributed by atoms with Gasteiger partial charge in [0.2, 0.25) is 0 Å². The van der Waals surface area contributed by atoms with Crippen molar-refractivity contribution in [3.05, 3.63) is 16.1 Å². The van der Waals surface area contributed by atoms with Crippen molar-refractivity contribution in [3.63, 3.8) is 0 Å². The predicted molar refractivity (Wildman–Crippen MR) is 68.8 cm³/mol. The third-order valence-corrected chi connectivity index (χ3v) is 4.11. The highest BCUT2D eigenvalue weighted by Crippen LogP contribution is 2.16. The van der Waals surface area contributed by atoms with Crippen LogP contribution in [0.1, 0.15) is 16.8 Å². The van der Waals surface area contributed by atoms with Gasteiger partial charge >= 0.3 is 0 Å². The second-order valence-electron chi connectivity index (χ2n) is 4.27. The number of hydrogen-bond donors (Lipinski definition) is 0. The first-order chi connectivity index (χ1) is 8.31. The number of piperazine rings is 1. The highest BCUT2D eigenvalue weighted by molar-refractivity contribution is 7.11. The molecule has 0 unspecified atom stereocenters. The molecule has 0 aromatic carbocycles. The smallest absolute Gasteiger partial charge is 0.107 e. The van der Waals surface area contributed by atoms with Crippen LogP contribution in [0.5, 0.6) is 0 Å². The first kappa shape index (κ1) is 12.5. The standard InChI is InChI=1S/C12H18N4S/c1-2-15-5-7-16(8-6-15)10-12-14-9-11(17-12)3-4-13/h9H,2-3,5-8,10H2,1H3. The van der Waals surface area contributed by atoms with Gasteiger partial charge in [0.15, 0.2) is 0 Å². The molecule has 2 heterocycles. The van der Waals surface area contributed by atoms with E-state index < -0.39 is 0 Å². The molecule has 1 aliphatic rings. The van der Waals surface area contributed by atoms with Crippen molar-refractivity contribution in [2.45, 2.75) is 19.9 Å². The largest absolute Gasteiger partial charge is 0.301 e. The number of hydrogen-bond acceptors (Lipinski definition) is 5. The minimum Gasteiger partial charge on any atom is -0.301 e. The number of thiazole rings is 1. The second kappa shape index (κ2) is 6.10. The molecule has 0 radical (unpaired) electrons. The molecule has 1 aromatic rings. The van der Waals surface area contributed by atoms with Gasteiger partial charge in [-0.25, -0.2) is 4.98 Å². The van der Waals surface area contributed by atoms with E-state index in [4.69, 9.17) is 5.26 Å². The maximum Gasteiger partial charge on any atom is 0.107 e. The van der Waals surface area contributed by atoms with Crippen molar-refractivity contribution in [2.24, 2.45) is 0 Å². The van der Waals surface area contributed by atoms with Crippen LogP contribution in [0.15, 0.2) is 6.20 Å². The Morgan fingerprint density at radius 2 is 2.06 bits per heavy atom. The SMILES string of the molecule is CCN1CCN(Cc2ncc(CC#N)s2)CC1. The summed E-state index contributed by atoms with van der Waals surface area (Å²) in [5.74, 6) is 0. The van der Waals surface area contributed by atoms with Gasteiger partial charge in [0, 0.05) is 37.3 Å². The van der Waals surface area contributed by atoms with E-state index in [0.29, 0.717) is 6.42 Å².